The zero-order chi connectivity index (χ0) is 39.8. The fraction of sp³-hybridized carbons (Fsp3) is 0.270. The Morgan fingerprint density at radius 1 is 0.946 bits per heavy atom. The van der Waals surface area contributed by atoms with Crippen LogP contribution >= 0.6 is 45.9 Å². The highest BCUT2D eigenvalue weighted by Gasteiger charge is 2.26. The van der Waals surface area contributed by atoms with Gasteiger partial charge in [0.25, 0.3) is 20.0 Å². The van der Waals surface area contributed by atoms with Crippen molar-refractivity contribution >= 4 is 109 Å². The molecule has 0 aliphatic carbocycles. The van der Waals surface area contributed by atoms with Crippen LogP contribution in [0.5, 0.6) is 5.75 Å². The molecule has 0 spiro atoms. The fourth-order valence-corrected chi connectivity index (χ4v) is 12.0. The number of methoxy groups -OCH3 is 1. The van der Waals surface area contributed by atoms with Crippen molar-refractivity contribution in [2.75, 3.05) is 68.3 Å². The maximum Gasteiger partial charge on any atom is 0.281 e. The zero-order valence-corrected chi connectivity index (χ0v) is 35.7. The summed E-state index contributed by atoms with van der Waals surface area (Å²) in [5, 5.41) is 7.44. The average molecular weight is 876 g/mol. The number of piperazine rings is 1. The summed E-state index contributed by atoms with van der Waals surface area (Å²) in [7, 11) is -1.95. The molecular formula is C37H40Cl2N8O5S4. The minimum atomic E-state index is -3.88. The Bertz CT molecular complexity index is 2750. The number of rotatable bonds is 11. The smallest absolute Gasteiger partial charge is 0.281 e. The Morgan fingerprint density at radius 3 is 2.43 bits per heavy atom. The van der Waals surface area contributed by atoms with Gasteiger partial charge in [0.15, 0.2) is 15.1 Å². The van der Waals surface area contributed by atoms with Crippen LogP contribution in [0, 0.1) is 6.92 Å². The Balaban J connectivity index is 0.000000172. The second-order valence-electron chi connectivity index (χ2n) is 13.4. The average Bonchev–Trinajstić information content (AvgIpc) is 3.94. The number of ether oxygens (including phenoxy) is 1. The number of aromatic amines is 1. The van der Waals surface area contributed by atoms with Crippen LogP contribution in [0.4, 0.5) is 17.1 Å². The molecule has 296 valence electrons. The van der Waals surface area contributed by atoms with Gasteiger partial charge in [0, 0.05) is 76.8 Å². The number of nitrogens with zero attached hydrogens (tertiary/aromatic N) is 4. The van der Waals surface area contributed by atoms with Crippen molar-refractivity contribution in [1.82, 2.24) is 24.6 Å². The predicted octanol–water partition coefficient (Wildman–Crippen LogP) is 7.52. The van der Waals surface area contributed by atoms with E-state index in [2.05, 4.69) is 34.5 Å². The van der Waals surface area contributed by atoms with Crippen molar-refractivity contribution in [1.29, 1.82) is 0 Å². The molecule has 19 heteroatoms. The first-order valence-corrected chi connectivity index (χ1v) is 22.9. The molecule has 0 saturated carbocycles. The monoisotopic (exact) mass is 874 g/mol. The molecule has 8 rings (SSSR count). The van der Waals surface area contributed by atoms with E-state index < -0.39 is 20.0 Å². The highest BCUT2D eigenvalue weighted by molar-refractivity contribution is 7.95. The molecule has 3 aromatic carbocycles. The number of H-pyrrole nitrogens is 1. The van der Waals surface area contributed by atoms with Crippen LogP contribution in [-0.4, -0.2) is 90.0 Å². The first-order valence-electron chi connectivity index (χ1n) is 17.5. The third-order valence-electron chi connectivity index (χ3n) is 9.27. The van der Waals surface area contributed by atoms with Gasteiger partial charge in [0.1, 0.15) is 9.96 Å². The van der Waals surface area contributed by atoms with Crippen molar-refractivity contribution in [3.05, 3.63) is 93.7 Å². The third kappa shape index (κ3) is 8.45. The maximum atomic E-state index is 13.1. The van der Waals surface area contributed by atoms with Crippen molar-refractivity contribution in [2.45, 2.75) is 22.6 Å². The van der Waals surface area contributed by atoms with Crippen LogP contribution in [0.1, 0.15) is 11.1 Å². The van der Waals surface area contributed by atoms with Crippen molar-refractivity contribution in [2.24, 2.45) is 0 Å². The summed E-state index contributed by atoms with van der Waals surface area (Å²) in [4.78, 5) is 12.2. The second-order valence-corrected chi connectivity index (χ2v) is 19.6. The molecule has 0 unspecified atom stereocenters. The van der Waals surface area contributed by atoms with E-state index in [0.29, 0.717) is 31.1 Å². The summed E-state index contributed by atoms with van der Waals surface area (Å²) in [5.41, 5.74) is 4.69. The van der Waals surface area contributed by atoms with Gasteiger partial charge < -0.3 is 24.8 Å². The van der Waals surface area contributed by atoms with Gasteiger partial charge in [-0.05, 0) is 98.6 Å². The van der Waals surface area contributed by atoms with E-state index >= 15 is 0 Å². The van der Waals surface area contributed by atoms with E-state index in [1.165, 1.54) is 27.1 Å². The first-order chi connectivity index (χ1) is 26.7. The summed E-state index contributed by atoms with van der Waals surface area (Å²) in [5.74, 6) is 0.725. The van der Waals surface area contributed by atoms with Crippen LogP contribution in [0.25, 0.3) is 25.9 Å². The molecule has 1 fully saturated rings. The van der Waals surface area contributed by atoms with Crippen LogP contribution in [0.2, 0.25) is 10.2 Å². The summed E-state index contributed by atoms with van der Waals surface area (Å²) >= 11 is 14.7. The number of thiophene rings is 1. The number of anilines is 3. The minimum absolute atomic E-state index is 0.0382. The Morgan fingerprint density at radius 2 is 1.68 bits per heavy atom. The summed E-state index contributed by atoms with van der Waals surface area (Å²) in [6.45, 7) is 6.14. The molecule has 1 saturated heterocycles. The molecule has 4 N–H and O–H groups in total. The van der Waals surface area contributed by atoms with Gasteiger partial charge in [-0.2, -0.15) is 8.42 Å². The molecular weight excluding hydrogens is 836 g/mol. The number of hydrogen-bond acceptors (Lipinski definition) is 11. The highest BCUT2D eigenvalue weighted by Crippen LogP contribution is 2.38. The Kier molecular flexibility index (Phi) is 11.8. The molecule has 4 aromatic heterocycles. The Labute approximate surface area is 343 Å². The number of thiazole rings is 1. The molecule has 5 heterocycles. The molecule has 0 amide bonds. The molecule has 13 nitrogen and oxygen atoms in total. The summed E-state index contributed by atoms with van der Waals surface area (Å²) in [6.07, 6.45) is 4.48. The lowest BCUT2D eigenvalue weighted by Gasteiger charge is -2.31. The largest absolute Gasteiger partial charge is 0.495 e. The van der Waals surface area contributed by atoms with Crippen molar-refractivity contribution < 1.29 is 21.6 Å². The van der Waals surface area contributed by atoms with Gasteiger partial charge in [0.2, 0.25) is 0 Å². The summed E-state index contributed by atoms with van der Waals surface area (Å²) in [6, 6.07) is 16.2. The van der Waals surface area contributed by atoms with E-state index in [1.54, 1.807) is 49.0 Å². The topological polar surface area (TPSA) is 153 Å². The molecule has 0 radical (unpaired) electrons. The Hall–Kier alpha value is -4.07. The van der Waals surface area contributed by atoms with Gasteiger partial charge in [0.05, 0.1) is 18.5 Å². The molecule has 1 aliphatic heterocycles. The van der Waals surface area contributed by atoms with E-state index in [4.69, 9.17) is 27.9 Å². The number of sulfonamides is 2. The number of fused-ring (bicyclic) bond motifs is 3. The number of benzene rings is 3. The SMILES string of the molecule is CN(C)CCc1c[nH]c2ccc(NS(=O)(=O)c3c(Cl)nc4sccn34)cc12.COc1ccc(NS(=O)(=O)c2sc3ccc(Cl)cc3c2C)cc1N1CCNCC1. The number of hydrogen-bond donors (Lipinski definition) is 4. The maximum absolute atomic E-state index is 13.1. The fourth-order valence-electron chi connectivity index (χ4n) is 6.51. The second kappa shape index (κ2) is 16.4. The normalized spacial score (nSPS) is 13.7. The molecule has 0 atom stereocenters. The number of nitrogens with one attached hydrogen (secondary N) is 4. The van der Waals surface area contributed by atoms with Crippen molar-refractivity contribution in [3.63, 3.8) is 0 Å². The van der Waals surface area contributed by atoms with Crippen LogP contribution in [0.3, 0.4) is 0 Å². The third-order valence-corrected chi connectivity index (χ3v) is 15.3. The summed E-state index contributed by atoms with van der Waals surface area (Å²) < 4.78 is 65.6. The molecule has 0 bridgehead atoms. The van der Waals surface area contributed by atoms with E-state index in [0.717, 1.165) is 77.1 Å². The predicted molar refractivity (Wildman–Crippen MR) is 230 cm³/mol. The minimum Gasteiger partial charge on any atom is -0.495 e. The van der Waals surface area contributed by atoms with E-state index in [-0.39, 0.29) is 10.2 Å². The lowest BCUT2D eigenvalue weighted by molar-refractivity contribution is 0.413. The van der Waals surface area contributed by atoms with Gasteiger partial charge in [-0.3, -0.25) is 13.8 Å². The molecule has 56 heavy (non-hydrogen) atoms. The van der Waals surface area contributed by atoms with Gasteiger partial charge in [-0.15, -0.1) is 22.7 Å². The lowest BCUT2D eigenvalue weighted by atomic mass is 10.1. The van der Waals surface area contributed by atoms with E-state index in [1.807, 2.05) is 51.5 Å². The van der Waals surface area contributed by atoms with Crippen LogP contribution in [0.15, 0.2) is 81.6 Å². The van der Waals surface area contributed by atoms with Gasteiger partial charge in [-0.1, -0.05) is 23.2 Å². The standard InChI is InChI=1S/C20H22ClN3O3S2.C17H18ClN5O2S2/c1-13-16-11-14(21)3-6-19(16)28-20(13)29(25,26)23-15-4-5-18(27-2)17(12-15)24-9-7-22-8-10-24;1-22(2)6-5-11-10-19-14-4-3-12(9-13(11)14)21-27(24,25)16-15(18)20-17-23(16)7-8-26-17/h3-6,11-12,22-23H,7-10H2,1-2H3;3-4,7-10,19,21H,5-6H2,1-2H3. The quantitative estimate of drug-likeness (QED) is 0.103. The number of aromatic nitrogens is 3. The van der Waals surface area contributed by atoms with E-state index in [9.17, 15) is 16.8 Å². The van der Waals surface area contributed by atoms with Gasteiger partial charge >= 0.3 is 0 Å². The van der Waals surface area contributed by atoms with Gasteiger partial charge in [-0.25, -0.2) is 13.4 Å². The lowest BCUT2D eigenvalue weighted by Crippen LogP contribution is -2.43. The number of aryl methyl sites for hydroxylation is 1. The highest BCUT2D eigenvalue weighted by atomic mass is 35.5. The number of likely N-dealkylation sites (N-methyl/N-ethyl adjacent to an activating group) is 1. The van der Waals surface area contributed by atoms with Crippen LogP contribution < -0.4 is 24.4 Å². The zero-order valence-electron chi connectivity index (χ0n) is 30.9. The number of imidazole rings is 1. The van der Waals surface area contributed by atoms with Crippen molar-refractivity contribution in [3.8, 4) is 5.75 Å². The molecule has 1 aliphatic rings. The van der Waals surface area contributed by atoms with Crippen LogP contribution in [-0.2, 0) is 26.5 Å². The first kappa shape index (κ1) is 40.1. The molecule has 7 aromatic rings. The number of halogens is 2.